The number of nitrogens with one attached hydrogen (secondary N) is 1. The van der Waals surface area contributed by atoms with Crippen molar-refractivity contribution >= 4 is 11.4 Å². The van der Waals surface area contributed by atoms with Gasteiger partial charge in [-0.15, -0.1) is 0 Å². The highest BCUT2D eigenvalue weighted by Crippen LogP contribution is 2.19. The summed E-state index contributed by atoms with van der Waals surface area (Å²) in [5.41, 5.74) is 3.26. The number of anilines is 2. The molecule has 0 aliphatic carbocycles. The SMILES string of the molecule is Cc1ccc(Nc2ccc(O)cc2)cc1. The average molecular weight is 199 g/mol. The smallest absolute Gasteiger partial charge is 0.115 e. The molecule has 0 fully saturated rings. The van der Waals surface area contributed by atoms with E-state index in [2.05, 4.69) is 24.4 Å². The van der Waals surface area contributed by atoms with E-state index < -0.39 is 0 Å². The van der Waals surface area contributed by atoms with Crippen molar-refractivity contribution in [2.24, 2.45) is 0 Å². The van der Waals surface area contributed by atoms with Crippen molar-refractivity contribution in [2.45, 2.75) is 6.92 Å². The lowest BCUT2D eigenvalue weighted by molar-refractivity contribution is 0.475. The number of aromatic hydroxyl groups is 1. The van der Waals surface area contributed by atoms with Crippen molar-refractivity contribution < 1.29 is 5.11 Å². The third-order valence-corrected chi connectivity index (χ3v) is 2.21. The van der Waals surface area contributed by atoms with Crippen LogP contribution >= 0.6 is 0 Å². The van der Waals surface area contributed by atoms with Gasteiger partial charge in [0.15, 0.2) is 0 Å². The highest BCUT2D eigenvalue weighted by atomic mass is 16.3. The van der Waals surface area contributed by atoms with E-state index in [0.29, 0.717) is 0 Å². The molecule has 0 radical (unpaired) electrons. The fourth-order valence-electron chi connectivity index (χ4n) is 1.35. The topological polar surface area (TPSA) is 32.3 Å². The molecular weight excluding hydrogens is 186 g/mol. The van der Waals surface area contributed by atoms with E-state index in [1.807, 2.05) is 24.3 Å². The molecule has 0 unspecified atom stereocenters. The summed E-state index contributed by atoms with van der Waals surface area (Å²) < 4.78 is 0. The molecule has 2 aromatic rings. The minimum absolute atomic E-state index is 0.282. The van der Waals surface area contributed by atoms with Crippen LogP contribution in [0.15, 0.2) is 48.5 Å². The zero-order chi connectivity index (χ0) is 10.7. The first-order valence-corrected chi connectivity index (χ1v) is 4.87. The molecule has 0 aliphatic rings. The molecule has 0 spiro atoms. The summed E-state index contributed by atoms with van der Waals surface area (Å²) in [5, 5.41) is 12.4. The van der Waals surface area contributed by atoms with E-state index >= 15 is 0 Å². The quantitative estimate of drug-likeness (QED) is 0.726. The summed E-state index contributed by atoms with van der Waals surface area (Å²) in [4.78, 5) is 0. The molecule has 0 atom stereocenters. The summed E-state index contributed by atoms with van der Waals surface area (Å²) in [6.07, 6.45) is 0. The Hall–Kier alpha value is -1.96. The fourth-order valence-corrected chi connectivity index (χ4v) is 1.35. The maximum Gasteiger partial charge on any atom is 0.115 e. The molecule has 0 amide bonds. The number of hydrogen-bond acceptors (Lipinski definition) is 2. The van der Waals surface area contributed by atoms with Gasteiger partial charge in [-0.05, 0) is 43.3 Å². The van der Waals surface area contributed by atoms with Gasteiger partial charge >= 0.3 is 0 Å². The molecule has 15 heavy (non-hydrogen) atoms. The Morgan fingerprint density at radius 3 is 1.80 bits per heavy atom. The fraction of sp³-hybridized carbons (Fsp3) is 0.0769. The third kappa shape index (κ3) is 2.50. The molecule has 0 saturated heterocycles. The zero-order valence-electron chi connectivity index (χ0n) is 8.57. The largest absolute Gasteiger partial charge is 0.508 e. The third-order valence-electron chi connectivity index (χ3n) is 2.21. The minimum atomic E-state index is 0.282. The number of benzene rings is 2. The monoisotopic (exact) mass is 199 g/mol. The van der Waals surface area contributed by atoms with E-state index in [0.717, 1.165) is 11.4 Å². The van der Waals surface area contributed by atoms with Crippen LogP contribution in [0.3, 0.4) is 0 Å². The van der Waals surface area contributed by atoms with Crippen LogP contribution in [0.2, 0.25) is 0 Å². The van der Waals surface area contributed by atoms with E-state index in [1.54, 1.807) is 12.1 Å². The van der Waals surface area contributed by atoms with Gasteiger partial charge < -0.3 is 10.4 Å². The minimum Gasteiger partial charge on any atom is -0.508 e. The highest BCUT2D eigenvalue weighted by molar-refractivity contribution is 5.60. The Balaban J connectivity index is 2.15. The van der Waals surface area contributed by atoms with Gasteiger partial charge in [0, 0.05) is 11.4 Å². The standard InChI is InChI=1S/C13H13NO/c1-10-2-4-11(5-3-10)14-12-6-8-13(15)9-7-12/h2-9,14-15H,1H3. The molecule has 2 N–H and O–H groups in total. The van der Waals surface area contributed by atoms with E-state index in [9.17, 15) is 0 Å². The highest BCUT2D eigenvalue weighted by Gasteiger charge is 1.94. The summed E-state index contributed by atoms with van der Waals surface area (Å²) >= 11 is 0. The number of phenols is 1. The van der Waals surface area contributed by atoms with Crippen LogP contribution in [0.4, 0.5) is 11.4 Å². The van der Waals surface area contributed by atoms with Crippen molar-refractivity contribution in [3.05, 3.63) is 54.1 Å². The molecule has 0 bridgehead atoms. The van der Waals surface area contributed by atoms with Gasteiger partial charge in [0.1, 0.15) is 5.75 Å². The van der Waals surface area contributed by atoms with Gasteiger partial charge in [-0.25, -0.2) is 0 Å². The Labute approximate surface area is 89.2 Å². The Kier molecular flexibility index (Phi) is 2.59. The van der Waals surface area contributed by atoms with Crippen LogP contribution in [0, 0.1) is 6.92 Å². The van der Waals surface area contributed by atoms with Gasteiger partial charge in [0.25, 0.3) is 0 Å². The van der Waals surface area contributed by atoms with Gasteiger partial charge in [-0.2, -0.15) is 0 Å². The second-order valence-corrected chi connectivity index (χ2v) is 3.54. The summed E-state index contributed by atoms with van der Waals surface area (Å²) in [7, 11) is 0. The van der Waals surface area contributed by atoms with E-state index in [1.165, 1.54) is 5.56 Å². The molecule has 0 aliphatic heterocycles. The second-order valence-electron chi connectivity index (χ2n) is 3.54. The first-order chi connectivity index (χ1) is 7.24. The summed E-state index contributed by atoms with van der Waals surface area (Å²) in [5.74, 6) is 0.282. The number of aryl methyl sites for hydroxylation is 1. The molecule has 2 heteroatoms. The van der Waals surface area contributed by atoms with Crippen molar-refractivity contribution in [1.82, 2.24) is 0 Å². The first kappa shape index (κ1) is 9.59. The molecule has 0 heterocycles. The van der Waals surface area contributed by atoms with Crippen LogP contribution in [-0.2, 0) is 0 Å². The van der Waals surface area contributed by atoms with Crippen LogP contribution < -0.4 is 5.32 Å². The van der Waals surface area contributed by atoms with E-state index in [4.69, 9.17) is 5.11 Å². The predicted molar refractivity (Wildman–Crippen MR) is 62.6 cm³/mol. The lowest BCUT2D eigenvalue weighted by Crippen LogP contribution is -1.89. The molecule has 0 saturated carbocycles. The number of hydrogen-bond donors (Lipinski definition) is 2. The number of phenolic OH excluding ortho intramolecular Hbond substituents is 1. The maximum atomic E-state index is 9.13. The van der Waals surface area contributed by atoms with Gasteiger partial charge in [0.05, 0.1) is 0 Å². The molecule has 2 rings (SSSR count). The summed E-state index contributed by atoms with van der Waals surface area (Å²) in [6, 6.07) is 15.2. The second kappa shape index (κ2) is 4.05. The lowest BCUT2D eigenvalue weighted by atomic mass is 10.2. The van der Waals surface area contributed by atoms with Crippen molar-refractivity contribution in [1.29, 1.82) is 0 Å². The average Bonchev–Trinajstić information content (AvgIpc) is 2.25. The van der Waals surface area contributed by atoms with E-state index in [-0.39, 0.29) is 5.75 Å². The van der Waals surface area contributed by atoms with Crippen molar-refractivity contribution in [3.8, 4) is 5.75 Å². The predicted octanol–water partition coefficient (Wildman–Crippen LogP) is 3.44. The van der Waals surface area contributed by atoms with Gasteiger partial charge in [-0.1, -0.05) is 17.7 Å². The maximum absolute atomic E-state index is 9.13. The van der Waals surface area contributed by atoms with Crippen LogP contribution in [0.1, 0.15) is 5.56 Å². The molecule has 2 nitrogen and oxygen atoms in total. The molecule has 0 aromatic heterocycles. The zero-order valence-corrected chi connectivity index (χ0v) is 8.57. The molecule has 2 aromatic carbocycles. The van der Waals surface area contributed by atoms with Crippen LogP contribution in [0.25, 0.3) is 0 Å². The normalized spacial score (nSPS) is 9.93. The van der Waals surface area contributed by atoms with Gasteiger partial charge in [-0.3, -0.25) is 0 Å². The van der Waals surface area contributed by atoms with Gasteiger partial charge in [0.2, 0.25) is 0 Å². The summed E-state index contributed by atoms with van der Waals surface area (Å²) in [6.45, 7) is 2.06. The van der Waals surface area contributed by atoms with Crippen molar-refractivity contribution in [3.63, 3.8) is 0 Å². The molecular formula is C13H13NO. The first-order valence-electron chi connectivity index (χ1n) is 4.87. The Morgan fingerprint density at radius 1 is 0.800 bits per heavy atom. The van der Waals surface area contributed by atoms with Crippen molar-refractivity contribution in [2.75, 3.05) is 5.32 Å². The molecule has 76 valence electrons. The van der Waals surface area contributed by atoms with Crippen LogP contribution in [0.5, 0.6) is 5.75 Å². The lowest BCUT2D eigenvalue weighted by Gasteiger charge is -2.06. The number of rotatable bonds is 2. The Bertz CT molecular complexity index is 388. The Morgan fingerprint density at radius 2 is 1.27 bits per heavy atom. The van der Waals surface area contributed by atoms with Crippen LogP contribution in [-0.4, -0.2) is 5.11 Å².